The summed E-state index contributed by atoms with van der Waals surface area (Å²) in [5.74, 6) is 0.0344. The van der Waals surface area contributed by atoms with Crippen molar-refractivity contribution in [2.24, 2.45) is 5.92 Å². The number of aliphatic hydroxyl groups is 1. The first-order valence-corrected chi connectivity index (χ1v) is 14.9. The molecule has 0 heterocycles. The maximum absolute atomic E-state index is 12.5. The molecule has 0 aliphatic heterocycles. The number of carbonyl (C=O) groups is 2. The van der Waals surface area contributed by atoms with Crippen molar-refractivity contribution in [3.8, 4) is 16.9 Å². The second-order valence-electron chi connectivity index (χ2n) is 10.1. The molecule has 0 fully saturated rings. The SMILES string of the molecule is CC(C)Cc1cc(-c2ccc(OCCN(C[C@H](O)c3ccc([N+](=O)[O-])cc3)C(=O)O)cc2)ccc1C(=O)NS(C)(=O)=O. The Labute approximate surface area is 243 Å². The number of hydrogen-bond acceptors (Lipinski definition) is 8. The number of nitrogens with one attached hydrogen (secondary N) is 1. The number of nitro groups is 1. The molecule has 2 amide bonds. The second kappa shape index (κ2) is 13.9. The van der Waals surface area contributed by atoms with Crippen LogP contribution in [0.15, 0.2) is 66.7 Å². The van der Waals surface area contributed by atoms with E-state index < -0.39 is 33.1 Å². The zero-order valence-corrected chi connectivity index (χ0v) is 24.2. The van der Waals surface area contributed by atoms with Crippen LogP contribution in [-0.4, -0.2) is 66.4 Å². The fourth-order valence-corrected chi connectivity index (χ4v) is 4.69. The minimum atomic E-state index is -3.71. The molecule has 0 unspecified atom stereocenters. The van der Waals surface area contributed by atoms with Gasteiger partial charge in [0, 0.05) is 17.7 Å². The summed E-state index contributed by atoms with van der Waals surface area (Å²) in [5, 5.41) is 30.8. The fourth-order valence-electron chi connectivity index (χ4n) is 4.24. The summed E-state index contributed by atoms with van der Waals surface area (Å²) < 4.78 is 30.8. The minimum absolute atomic E-state index is 0.0152. The lowest BCUT2D eigenvalue weighted by molar-refractivity contribution is -0.384. The molecule has 3 rings (SSSR count). The number of sulfonamides is 1. The topological polar surface area (TPSA) is 176 Å². The van der Waals surface area contributed by atoms with Gasteiger partial charge in [0.1, 0.15) is 12.4 Å². The highest BCUT2D eigenvalue weighted by Gasteiger charge is 2.20. The number of nitro benzene ring substituents is 1. The Kier molecular flexibility index (Phi) is 10.6. The van der Waals surface area contributed by atoms with E-state index in [-0.39, 0.29) is 31.3 Å². The van der Waals surface area contributed by atoms with Gasteiger partial charge in [0.15, 0.2) is 0 Å². The number of non-ortho nitro benzene ring substituents is 1. The molecule has 0 radical (unpaired) electrons. The second-order valence-corrected chi connectivity index (χ2v) is 11.9. The Morgan fingerprint density at radius 3 is 2.19 bits per heavy atom. The predicted octanol–water partition coefficient (Wildman–Crippen LogP) is 4.24. The summed E-state index contributed by atoms with van der Waals surface area (Å²) in [6, 6.07) is 17.5. The van der Waals surface area contributed by atoms with Gasteiger partial charge in [0.25, 0.3) is 11.6 Å². The van der Waals surface area contributed by atoms with Gasteiger partial charge in [-0.05, 0) is 64.9 Å². The molecule has 3 aromatic rings. The van der Waals surface area contributed by atoms with Gasteiger partial charge in [-0.15, -0.1) is 0 Å². The summed E-state index contributed by atoms with van der Waals surface area (Å²) >= 11 is 0. The Hall–Kier alpha value is -4.49. The van der Waals surface area contributed by atoms with E-state index in [9.17, 15) is 38.3 Å². The average molecular weight is 600 g/mol. The molecule has 3 N–H and O–H groups in total. The average Bonchev–Trinajstić information content (AvgIpc) is 2.91. The van der Waals surface area contributed by atoms with Crippen LogP contribution in [0.5, 0.6) is 5.75 Å². The molecular formula is C29H33N3O9S. The van der Waals surface area contributed by atoms with E-state index in [0.717, 1.165) is 22.3 Å². The van der Waals surface area contributed by atoms with Crippen molar-refractivity contribution < 1.29 is 37.9 Å². The van der Waals surface area contributed by atoms with Crippen LogP contribution in [0.4, 0.5) is 10.5 Å². The smallest absolute Gasteiger partial charge is 0.407 e. The molecule has 0 aromatic heterocycles. The van der Waals surface area contributed by atoms with Gasteiger partial charge in [-0.25, -0.2) is 17.9 Å². The first kappa shape index (κ1) is 32.0. The van der Waals surface area contributed by atoms with Crippen LogP contribution in [0, 0.1) is 16.0 Å². The highest BCUT2D eigenvalue weighted by Crippen LogP contribution is 2.27. The predicted molar refractivity (Wildman–Crippen MR) is 156 cm³/mol. The van der Waals surface area contributed by atoms with Crippen LogP contribution in [0.1, 0.15) is 41.4 Å². The lowest BCUT2D eigenvalue weighted by atomic mass is 9.93. The minimum Gasteiger partial charge on any atom is -0.492 e. The van der Waals surface area contributed by atoms with Gasteiger partial charge < -0.3 is 19.8 Å². The third kappa shape index (κ3) is 9.28. The third-order valence-corrected chi connectivity index (χ3v) is 6.78. The zero-order chi connectivity index (χ0) is 31.0. The number of hydrogen-bond donors (Lipinski definition) is 3. The van der Waals surface area contributed by atoms with Gasteiger partial charge in [-0.2, -0.15) is 0 Å². The van der Waals surface area contributed by atoms with Crippen molar-refractivity contribution in [1.29, 1.82) is 0 Å². The molecule has 3 aromatic carbocycles. The highest BCUT2D eigenvalue weighted by molar-refractivity contribution is 7.89. The number of amides is 2. The summed E-state index contributed by atoms with van der Waals surface area (Å²) in [6.45, 7) is 3.74. The summed E-state index contributed by atoms with van der Waals surface area (Å²) in [4.78, 5) is 35.5. The van der Waals surface area contributed by atoms with Crippen molar-refractivity contribution in [3.63, 3.8) is 0 Å². The number of aliphatic hydroxyl groups excluding tert-OH is 1. The van der Waals surface area contributed by atoms with Crippen LogP contribution in [0.25, 0.3) is 11.1 Å². The maximum Gasteiger partial charge on any atom is 0.407 e. The highest BCUT2D eigenvalue weighted by atomic mass is 32.2. The van der Waals surface area contributed by atoms with Gasteiger partial charge in [0.05, 0.1) is 30.4 Å². The normalized spacial score (nSPS) is 12.0. The van der Waals surface area contributed by atoms with Gasteiger partial charge >= 0.3 is 6.09 Å². The molecule has 0 bridgehead atoms. The van der Waals surface area contributed by atoms with Gasteiger partial charge in [0.2, 0.25) is 10.0 Å². The molecule has 0 spiro atoms. The van der Waals surface area contributed by atoms with Crippen LogP contribution in [0.2, 0.25) is 0 Å². The standard InChI is InChI=1S/C29H33N3O9S/c1-19(2)16-23-17-22(8-13-26(23)28(34)30-42(3,39)40)20-6-11-25(12-7-20)41-15-14-31(29(35)36)18-27(33)21-4-9-24(10-5-21)32(37)38/h4-13,17,19,27,33H,14-16,18H2,1-3H3,(H,30,34)(H,35,36)/t27-/m0/s1. The number of nitrogens with zero attached hydrogens (tertiary/aromatic N) is 2. The van der Waals surface area contributed by atoms with E-state index in [1.54, 1.807) is 24.3 Å². The van der Waals surface area contributed by atoms with Crippen LogP contribution < -0.4 is 9.46 Å². The van der Waals surface area contributed by atoms with E-state index in [1.165, 1.54) is 24.3 Å². The van der Waals surface area contributed by atoms with Gasteiger partial charge in [-0.1, -0.05) is 38.1 Å². The maximum atomic E-state index is 12.5. The van der Waals surface area contributed by atoms with E-state index >= 15 is 0 Å². The Bertz CT molecular complexity index is 1520. The van der Waals surface area contributed by atoms with Crippen molar-refractivity contribution in [1.82, 2.24) is 9.62 Å². The molecule has 0 saturated heterocycles. The van der Waals surface area contributed by atoms with Crippen molar-refractivity contribution >= 4 is 27.7 Å². The molecule has 224 valence electrons. The lowest BCUT2D eigenvalue weighted by Gasteiger charge is -2.22. The fraction of sp³-hybridized carbons (Fsp3) is 0.310. The summed E-state index contributed by atoms with van der Waals surface area (Å²) in [6.07, 6.45) is -0.929. The Morgan fingerprint density at radius 2 is 1.64 bits per heavy atom. The number of carbonyl (C=O) groups excluding carboxylic acids is 1. The molecule has 0 aliphatic carbocycles. The van der Waals surface area contributed by atoms with E-state index in [2.05, 4.69) is 0 Å². The van der Waals surface area contributed by atoms with Crippen LogP contribution in [0.3, 0.4) is 0 Å². The number of carboxylic acid groups (broad SMARTS) is 1. The molecule has 0 aliphatic rings. The van der Waals surface area contributed by atoms with Crippen LogP contribution in [-0.2, 0) is 16.4 Å². The summed E-state index contributed by atoms with van der Waals surface area (Å²) in [7, 11) is -3.71. The molecule has 1 atom stereocenters. The van der Waals surface area contributed by atoms with E-state index in [4.69, 9.17) is 4.74 Å². The number of benzene rings is 3. The zero-order valence-electron chi connectivity index (χ0n) is 23.4. The molecule has 13 heteroatoms. The largest absolute Gasteiger partial charge is 0.492 e. The van der Waals surface area contributed by atoms with Crippen molar-refractivity contribution in [2.75, 3.05) is 26.0 Å². The molecule has 42 heavy (non-hydrogen) atoms. The quantitative estimate of drug-likeness (QED) is 0.192. The third-order valence-electron chi connectivity index (χ3n) is 6.23. The van der Waals surface area contributed by atoms with E-state index in [0.29, 0.717) is 28.9 Å². The summed E-state index contributed by atoms with van der Waals surface area (Å²) in [5.41, 5.74) is 2.88. The van der Waals surface area contributed by atoms with Gasteiger partial charge in [-0.3, -0.25) is 14.9 Å². The lowest BCUT2D eigenvalue weighted by Crippen LogP contribution is -2.36. The first-order chi connectivity index (χ1) is 19.7. The molecular weight excluding hydrogens is 566 g/mol. The van der Waals surface area contributed by atoms with Crippen LogP contribution >= 0.6 is 0 Å². The van der Waals surface area contributed by atoms with Crippen molar-refractivity contribution in [3.05, 3.63) is 93.5 Å². The number of rotatable bonds is 13. The Balaban J connectivity index is 1.64. The monoisotopic (exact) mass is 599 g/mol. The Morgan fingerprint density at radius 1 is 1.02 bits per heavy atom. The first-order valence-electron chi connectivity index (χ1n) is 13.0. The van der Waals surface area contributed by atoms with E-state index in [1.807, 2.05) is 36.8 Å². The van der Waals surface area contributed by atoms with Crippen molar-refractivity contribution in [2.45, 2.75) is 26.4 Å². The molecule has 0 saturated carbocycles. The molecule has 12 nitrogen and oxygen atoms in total. The number of ether oxygens (including phenoxy) is 1.